The Bertz CT molecular complexity index is 1110. The Labute approximate surface area is 237 Å². The number of likely N-dealkylation sites (tertiary alicyclic amines) is 2. The molecule has 3 aliphatic heterocycles. The van der Waals surface area contributed by atoms with Crippen LogP contribution in [0.2, 0.25) is 5.02 Å². The average molecular weight is 557 g/mol. The van der Waals surface area contributed by atoms with Crippen LogP contribution in [0.15, 0.2) is 54.6 Å². The van der Waals surface area contributed by atoms with Gasteiger partial charge in [0.25, 0.3) is 0 Å². The number of Topliss-reactive ketones (excluding diaryl/α,β-unsaturated/α-hetero) is 1. The quantitative estimate of drug-likeness (QED) is 0.479. The lowest BCUT2D eigenvalue weighted by Gasteiger charge is -2.44. The van der Waals surface area contributed by atoms with Crippen LogP contribution >= 0.6 is 24.0 Å². The molecule has 2 aromatic carbocycles. The highest BCUT2D eigenvalue weighted by Crippen LogP contribution is 2.44. The third-order valence-corrected chi connectivity index (χ3v) is 9.70. The molecule has 1 spiro atoms. The van der Waals surface area contributed by atoms with Gasteiger partial charge in [0.15, 0.2) is 5.78 Å². The van der Waals surface area contributed by atoms with Crippen LogP contribution in [0.4, 0.5) is 0 Å². The Morgan fingerprint density at radius 2 is 1.66 bits per heavy atom. The number of ketones is 1. The molecule has 1 saturated carbocycles. The van der Waals surface area contributed by atoms with Gasteiger partial charge in [-0.1, -0.05) is 54.1 Å². The number of hydrogen-bond acceptors (Lipinski definition) is 4. The molecule has 6 rings (SSSR count). The van der Waals surface area contributed by atoms with E-state index in [4.69, 9.17) is 11.6 Å². The molecule has 0 radical (unpaired) electrons. The van der Waals surface area contributed by atoms with Gasteiger partial charge >= 0.3 is 0 Å². The number of amides is 1. The summed E-state index contributed by atoms with van der Waals surface area (Å²) in [5.74, 6) is 1.95. The lowest BCUT2D eigenvalue weighted by molar-refractivity contribution is -0.140. The van der Waals surface area contributed by atoms with E-state index in [1.807, 2.05) is 29.2 Å². The Morgan fingerprint density at radius 1 is 0.974 bits per heavy atom. The van der Waals surface area contributed by atoms with Crippen molar-refractivity contribution in [2.75, 3.05) is 32.7 Å². The van der Waals surface area contributed by atoms with E-state index in [2.05, 4.69) is 40.5 Å². The zero-order chi connectivity index (χ0) is 25.4. The van der Waals surface area contributed by atoms with Gasteiger partial charge in [-0.3, -0.25) is 14.5 Å². The van der Waals surface area contributed by atoms with Crippen molar-refractivity contribution in [2.45, 2.75) is 57.0 Å². The highest BCUT2D eigenvalue weighted by Gasteiger charge is 2.50. The number of piperidine rings is 1. The summed E-state index contributed by atoms with van der Waals surface area (Å²) in [6, 6.07) is 18.5. The van der Waals surface area contributed by atoms with Gasteiger partial charge in [0.1, 0.15) is 0 Å². The van der Waals surface area contributed by atoms with Crippen molar-refractivity contribution in [2.24, 2.45) is 17.3 Å². The maximum atomic E-state index is 13.8. The fourth-order valence-corrected chi connectivity index (χ4v) is 7.21. The fourth-order valence-electron chi connectivity index (χ4n) is 7.08. The van der Waals surface area contributed by atoms with E-state index in [9.17, 15) is 9.59 Å². The van der Waals surface area contributed by atoms with Gasteiger partial charge in [-0.05, 0) is 74.4 Å². The predicted octanol–water partition coefficient (Wildman–Crippen LogP) is 5.32. The number of halogens is 2. The van der Waals surface area contributed by atoms with Gasteiger partial charge in [0.05, 0.1) is 11.5 Å². The van der Waals surface area contributed by atoms with Crippen molar-refractivity contribution in [1.29, 1.82) is 0 Å². The first-order valence-corrected chi connectivity index (χ1v) is 14.5. The number of benzene rings is 2. The van der Waals surface area contributed by atoms with E-state index >= 15 is 0 Å². The summed E-state index contributed by atoms with van der Waals surface area (Å²) in [6.45, 7) is 4.94. The van der Waals surface area contributed by atoms with Crippen LogP contribution in [-0.2, 0) is 16.1 Å². The number of carbonyl (C=O) groups excluding carboxylic acids is 2. The van der Waals surface area contributed by atoms with Crippen LogP contribution in [0, 0.1) is 17.3 Å². The Balaban J connectivity index is 0.00000294. The average Bonchev–Trinajstić information content (AvgIpc) is 3.52. The Kier molecular flexibility index (Phi) is 8.49. The first-order chi connectivity index (χ1) is 18.0. The van der Waals surface area contributed by atoms with E-state index in [0.29, 0.717) is 30.1 Å². The minimum Gasteiger partial charge on any atom is -0.338 e. The summed E-state index contributed by atoms with van der Waals surface area (Å²) in [5.41, 5.74) is 2.19. The first kappa shape index (κ1) is 27.6. The summed E-state index contributed by atoms with van der Waals surface area (Å²) < 4.78 is 0. The zero-order valence-electron chi connectivity index (χ0n) is 22.0. The molecule has 38 heavy (non-hydrogen) atoms. The lowest BCUT2D eigenvalue weighted by atomic mass is 9.74. The lowest BCUT2D eigenvalue weighted by Crippen LogP contribution is -2.54. The van der Waals surface area contributed by atoms with E-state index in [1.54, 1.807) is 0 Å². The molecule has 1 unspecified atom stereocenters. The van der Waals surface area contributed by atoms with Crippen molar-refractivity contribution >= 4 is 35.7 Å². The maximum Gasteiger partial charge on any atom is 0.229 e. The van der Waals surface area contributed by atoms with Gasteiger partial charge < -0.3 is 10.2 Å². The summed E-state index contributed by atoms with van der Waals surface area (Å²) in [7, 11) is 0. The molecule has 7 heteroatoms. The van der Waals surface area contributed by atoms with Crippen molar-refractivity contribution in [3.8, 4) is 0 Å². The molecule has 1 aliphatic carbocycles. The summed E-state index contributed by atoms with van der Waals surface area (Å²) in [4.78, 5) is 31.9. The number of nitrogens with zero attached hydrogens (tertiary/aromatic N) is 2. The smallest absolute Gasteiger partial charge is 0.229 e. The van der Waals surface area contributed by atoms with Gasteiger partial charge in [0, 0.05) is 49.5 Å². The van der Waals surface area contributed by atoms with Crippen molar-refractivity contribution in [1.82, 2.24) is 15.1 Å². The minimum absolute atomic E-state index is 0. The van der Waals surface area contributed by atoms with Crippen molar-refractivity contribution in [3.05, 3.63) is 70.7 Å². The third kappa shape index (κ3) is 5.67. The van der Waals surface area contributed by atoms with Crippen LogP contribution in [0.1, 0.15) is 55.6 Å². The molecule has 1 amide bonds. The molecule has 4 fully saturated rings. The molecule has 204 valence electrons. The summed E-state index contributed by atoms with van der Waals surface area (Å²) >= 11 is 6.04. The second kappa shape index (κ2) is 11.7. The Hall–Kier alpha value is -1.92. The largest absolute Gasteiger partial charge is 0.338 e. The summed E-state index contributed by atoms with van der Waals surface area (Å²) in [5, 5.41) is 4.32. The predicted molar refractivity (Wildman–Crippen MR) is 154 cm³/mol. The topological polar surface area (TPSA) is 52.7 Å². The number of rotatable bonds is 8. The highest BCUT2D eigenvalue weighted by atomic mass is 35.5. The number of hydrogen-bond donors (Lipinski definition) is 1. The normalized spacial score (nSPS) is 25.9. The highest BCUT2D eigenvalue weighted by molar-refractivity contribution is 6.30. The van der Waals surface area contributed by atoms with Crippen LogP contribution in [0.25, 0.3) is 0 Å². The van der Waals surface area contributed by atoms with Gasteiger partial charge in [-0.15, -0.1) is 12.4 Å². The van der Waals surface area contributed by atoms with Gasteiger partial charge in [-0.2, -0.15) is 0 Å². The van der Waals surface area contributed by atoms with E-state index in [1.165, 1.54) is 18.4 Å². The second-order valence-corrected chi connectivity index (χ2v) is 12.3. The molecule has 1 N–H and O–H groups in total. The number of carbonyl (C=O) groups is 2. The maximum absolute atomic E-state index is 13.8. The second-order valence-electron chi connectivity index (χ2n) is 11.8. The molecule has 3 atom stereocenters. The minimum atomic E-state index is -0.264. The van der Waals surface area contributed by atoms with E-state index in [-0.39, 0.29) is 29.8 Å². The van der Waals surface area contributed by atoms with Crippen LogP contribution in [-0.4, -0.2) is 60.3 Å². The molecule has 4 aliphatic rings. The van der Waals surface area contributed by atoms with Crippen molar-refractivity contribution < 1.29 is 9.59 Å². The standard InChI is InChI=1S/C31H38ClN3O2.ClH/c32-25-10-8-23(9-11-25)21-35-17-14-31(30(35)37)12-15-34(16-13-31)29(28(36)18-22-6-7-22)27-20-33-19-26(27)24-4-2-1-3-5-24;/h1-5,8-11,22,26-27,29,33H,6-7,12-21H2;1H/t26-,27-,29?;/m1./s1. The van der Waals surface area contributed by atoms with Gasteiger partial charge in [-0.25, -0.2) is 0 Å². The molecule has 3 saturated heterocycles. The Morgan fingerprint density at radius 3 is 2.34 bits per heavy atom. The molecule has 2 aromatic rings. The van der Waals surface area contributed by atoms with Crippen LogP contribution in [0.3, 0.4) is 0 Å². The summed E-state index contributed by atoms with van der Waals surface area (Å²) in [6.07, 6.45) is 5.75. The molecule has 0 bridgehead atoms. The van der Waals surface area contributed by atoms with Crippen LogP contribution < -0.4 is 5.32 Å². The van der Waals surface area contributed by atoms with Crippen molar-refractivity contribution in [3.63, 3.8) is 0 Å². The van der Waals surface area contributed by atoms with Crippen LogP contribution in [0.5, 0.6) is 0 Å². The SMILES string of the molecule is Cl.O=C(CC1CC1)C([C@@H]1CNC[C@@H]1c1ccccc1)N1CCC2(CCN(Cc3ccc(Cl)cc3)C2=O)CC1. The zero-order valence-corrected chi connectivity index (χ0v) is 23.6. The number of nitrogens with one attached hydrogen (secondary N) is 1. The third-order valence-electron chi connectivity index (χ3n) is 9.45. The molecule has 0 aromatic heterocycles. The molecular weight excluding hydrogens is 517 g/mol. The first-order valence-electron chi connectivity index (χ1n) is 14.1. The monoisotopic (exact) mass is 555 g/mol. The van der Waals surface area contributed by atoms with Gasteiger partial charge in [0.2, 0.25) is 5.91 Å². The molecule has 5 nitrogen and oxygen atoms in total. The molecular formula is C31H39Cl2N3O2. The van der Waals surface area contributed by atoms with E-state index < -0.39 is 0 Å². The van der Waals surface area contributed by atoms with E-state index in [0.717, 1.165) is 69.0 Å². The molecule has 3 heterocycles. The fraction of sp³-hybridized carbons (Fsp3) is 0.548.